The molecule has 0 spiro atoms. The largest absolute Gasteiger partial charge is 0.416 e. The number of para-hydroxylation sites is 1. The lowest BCUT2D eigenvalue weighted by atomic mass is 10.1. The van der Waals surface area contributed by atoms with Gasteiger partial charge in [0.25, 0.3) is 0 Å². The molecule has 2 aromatic carbocycles. The number of amides is 2. The number of carbonyl (C=O) groups excluding carboxylic acids is 1. The van der Waals surface area contributed by atoms with Crippen molar-refractivity contribution in [1.82, 2.24) is 19.9 Å². The van der Waals surface area contributed by atoms with Gasteiger partial charge < -0.3 is 10.6 Å². The first-order valence-electron chi connectivity index (χ1n) is 12.1. The standard InChI is InChI=1S/C25H25F6N5O3S/c1-15-10-22(20-4-2-3-5-21(20)33-15)34-23(37)32-7-9-36-8-6-18(14-36)35-40(38,39)19-12-16(24(26,27)28)11-17(13-19)25(29,30)31/h2-5,10-13,18,35H,6-9,14H2,1H3,(H2,32,33,34,37). The molecule has 0 radical (unpaired) electrons. The van der Waals surface area contributed by atoms with E-state index in [0.717, 1.165) is 16.6 Å². The SMILES string of the molecule is Cc1cc(NC(=O)NCCN2CCC(NS(=O)(=O)c3cc(C(F)(F)F)cc(C(F)(F)F)c3)C2)c2ccccc2n1. The zero-order chi connectivity index (χ0) is 29.3. The molecule has 1 atom stereocenters. The molecular weight excluding hydrogens is 564 g/mol. The third-order valence-electron chi connectivity index (χ3n) is 6.27. The highest BCUT2D eigenvalue weighted by atomic mass is 32.2. The number of pyridine rings is 1. The first kappa shape index (κ1) is 29.6. The van der Waals surface area contributed by atoms with Crippen molar-refractivity contribution in [2.75, 3.05) is 31.5 Å². The minimum absolute atomic E-state index is 0.127. The van der Waals surface area contributed by atoms with Crippen LogP contribution in [0.25, 0.3) is 10.9 Å². The van der Waals surface area contributed by atoms with Gasteiger partial charge in [0.1, 0.15) is 0 Å². The Hall–Kier alpha value is -3.43. The number of benzene rings is 2. The molecule has 1 saturated heterocycles. The topological polar surface area (TPSA) is 103 Å². The zero-order valence-electron chi connectivity index (χ0n) is 21.0. The number of sulfonamides is 1. The Morgan fingerprint density at radius 3 is 2.33 bits per heavy atom. The summed E-state index contributed by atoms with van der Waals surface area (Å²) in [5.74, 6) is 0. The number of urea groups is 1. The van der Waals surface area contributed by atoms with E-state index in [1.165, 1.54) is 0 Å². The summed E-state index contributed by atoms with van der Waals surface area (Å²) in [5.41, 5.74) is -1.40. The van der Waals surface area contributed by atoms with E-state index in [4.69, 9.17) is 0 Å². The van der Waals surface area contributed by atoms with E-state index in [-0.39, 0.29) is 37.7 Å². The number of nitrogens with zero attached hydrogens (tertiary/aromatic N) is 2. The van der Waals surface area contributed by atoms with Crippen LogP contribution in [0.15, 0.2) is 53.4 Å². The molecule has 1 aliphatic rings. The quantitative estimate of drug-likeness (QED) is 0.345. The number of halogens is 6. The van der Waals surface area contributed by atoms with Gasteiger partial charge in [-0.25, -0.2) is 17.9 Å². The Morgan fingerprint density at radius 1 is 1.02 bits per heavy atom. The van der Waals surface area contributed by atoms with E-state index in [1.807, 2.05) is 29.2 Å². The fourth-order valence-corrected chi connectivity index (χ4v) is 5.74. The number of carbonyl (C=O) groups is 1. The van der Waals surface area contributed by atoms with Crippen molar-refractivity contribution in [3.05, 3.63) is 65.4 Å². The Bertz CT molecular complexity index is 1480. The molecule has 216 valence electrons. The fraction of sp³-hybridized carbons (Fsp3) is 0.360. The molecule has 8 nitrogen and oxygen atoms in total. The van der Waals surface area contributed by atoms with E-state index in [9.17, 15) is 39.6 Å². The monoisotopic (exact) mass is 589 g/mol. The van der Waals surface area contributed by atoms with E-state index < -0.39 is 50.5 Å². The summed E-state index contributed by atoms with van der Waals surface area (Å²) in [6.45, 7) is 2.90. The van der Waals surface area contributed by atoms with E-state index in [1.54, 1.807) is 13.0 Å². The average Bonchev–Trinajstić information content (AvgIpc) is 3.29. The van der Waals surface area contributed by atoms with Gasteiger partial charge >= 0.3 is 18.4 Å². The molecule has 1 fully saturated rings. The maximum Gasteiger partial charge on any atom is 0.416 e. The molecule has 0 aliphatic carbocycles. The summed E-state index contributed by atoms with van der Waals surface area (Å²) in [5, 5.41) is 6.25. The van der Waals surface area contributed by atoms with Crippen LogP contribution in [0.2, 0.25) is 0 Å². The molecule has 3 aromatic rings. The first-order chi connectivity index (χ1) is 18.6. The van der Waals surface area contributed by atoms with Gasteiger partial charge in [0.15, 0.2) is 0 Å². The van der Waals surface area contributed by atoms with Crippen LogP contribution in [-0.2, 0) is 22.4 Å². The highest BCUT2D eigenvalue weighted by Crippen LogP contribution is 2.37. The Morgan fingerprint density at radius 2 is 1.68 bits per heavy atom. The van der Waals surface area contributed by atoms with Gasteiger partial charge in [-0.05, 0) is 50.2 Å². The van der Waals surface area contributed by atoms with Crippen LogP contribution in [0.3, 0.4) is 0 Å². The van der Waals surface area contributed by atoms with Gasteiger partial charge in [0.2, 0.25) is 10.0 Å². The van der Waals surface area contributed by atoms with Gasteiger partial charge in [-0.15, -0.1) is 0 Å². The second kappa shape index (κ2) is 11.2. The fourth-order valence-electron chi connectivity index (χ4n) is 4.41. The third-order valence-corrected chi connectivity index (χ3v) is 7.77. The minimum atomic E-state index is -5.17. The van der Waals surface area contributed by atoms with Gasteiger partial charge in [0.05, 0.1) is 27.2 Å². The van der Waals surface area contributed by atoms with E-state index in [0.29, 0.717) is 18.8 Å². The second-order valence-corrected chi connectivity index (χ2v) is 11.1. The number of anilines is 1. The summed E-state index contributed by atoms with van der Waals surface area (Å²) in [6.07, 6.45) is -10.1. The summed E-state index contributed by atoms with van der Waals surface area (Å²) in [7, 11) is -4.68. The molecule has 15 heteroatoms. The zero-order valence-corrected chi connectivity index (χ0v) is 21.8. The third kappa shape index (κ3) is 7.20. The number of hydrogen-bond donors (Lipinski definition) is 3. The van der Waals surface area contributed by atoms with Gasteiger partial charge in [-0.3, -0.25) is 9.88 Å². The number of likely N-dealkylation sites (tertiary alicyclic amines) is 1. The highest BCUT2D eigenvalue weighted by molar-refractivity contribution is 7.89. The number of fused-ring (bicyclic) bond motifs is 1. The molecular formula is C25H25F6N5O3S. The summed E-state index contributed by atoms with van der Waals surface area (Å²) >= 11 is 0. The van der Waals surface area contributed by atoms with Crippen molar-refractivity contribution >= 4 is 32.6 Å². The van der Waals surface area contributed by atoms with Crippen molar-refractivity contribution in [3.63, 3.8) is 0 Å². The number of hydrogen-bond acceptors (Lipinski definition) is 5. The van der Waals surface area contributed by atoms with E-state index in [2.05, 4.69) is 20.3 Å². The maximum absolute atomic E-state index is 13.1. The van der Waals surface area contributed by atoms with Gasteiger partial charge in [0, 0.05) is 36.8 Å². The predicted molar refractivity (Wildman–Crippen MR) is 135 cm³/mol. The number of alkyl halides is 6. The lowest BCUT2D eigenvalue weighted by Gasteiger charge is -2.18. The molecule has 3 N–H and O–H groups in total. The van der Waals surface area contributed by atoms with Crippen LogP contribution < -0.4 is 15.4 Å². The molecule has 2 heterocycles. The van der Waals surface area contributed by atoms with Gasteiger partial charge in [-0.1, -0.05) is 18.2 Å². The minimum Gasteiger partial charge on any atom is -0.337 e. The first-order valence-corrected chi connectivity index (χ1v) is 13.6. The molecule has 1 aromatic heterocycles. The highest BCUT2D eigenvalue weighted by Gasteiger charge is 2.39. The number of aromatic nitrogens is 1. The molecule has 0 bridgehead atoms. The van der Waals surface area contributed by atoms with E-state index >= 15 is 0 Å². The summed E-state index contributed by atoms with van der Waals surface area (Å²) in [6, 6.07) is 8.08. The number of nitrogens with one attached hydrogen (secondary N) is 3. The molecule has 4 rings (SSSR count). The summed E-state index contributed by atoms with van der Waals surface area (Å²) < 4.78 is 106. The number of rotatable bonds is 7. The van der Waals surface area contributed by atoms with Crippen LogP contribution in [0.5, 0.6) is 0 Å². The van der Waals surface area contributed by atoms with Crippen LogP contribution in [0.1, 0.15) is 23.2 Å². The molecule has 1 unspecified atom stereocenters. The Balaban J connectivity index is 1.33. The van der Waals surface area contributed by atoms with Crippen LogP contribution >= 0.6 is 0 Å². The molecule has 2 amide bonds. The Kier molecular flexibility index (Phi) is 8.28. The second-order valence-electron chi connectivity index (χ2n) is 9.36. The van der Waals surface area contributed by atoms with Crippen molar-refractivity contribution in [2.45, 2.75) is 36.6 Å². The lowest BCUT2D eigenvalue weighted by Crippen LogP contribution is -2.39. The van der Waals surface area contributed by atoms with Crippen LogP contribution in [-0.4, -0.2) is 56.6 Å². The van der Waals surface area contributed by atoms with Crippen molar-refractivity contribution in [2.24, 2.45) is 0 Å². The van der Waals surface area contributed by atoms with Crippen molar-refractivity contribution in [1.29, 1.82) is 0 Å². The van der Waals surface area contributed by atoms with Crippen molar-refractivity contribution < 1.29 is 39.6 Å². The normalized spacial score (nSPS) is 16.8. The molecule has 1 aliphatic heterocycles. The molecule has 0 saturated carbocycles. The number of aryl methyl sites for hydroxylation is 1. The maximum atomic E-state index is 13.1. The van der Waals surface area contributed by atoms with Gasteiger partial charge in [-0.2, -0.15) is 26.3 Å². The average molecular weight is 590 g/mol. The molecule has 40 heavy (non-hydrogen) atoms. The lowest BCUT2D eigenvalue weighted by molar-refractivity contribution is -0.143. The predicted octanol–water partition coefficient (Wildman–Crippen LogP) is 4.76. The van der Waals surface area contributed by atoms with Crippen LogP contribution in [0.4, 0.5) is 36.8 Å². The Labute approximate surface area is 225 Å². The van der Waals surface area contributed by atoms with Crippen molar-refractivity contribution in [3.8, 4) is 0 Å². The smallest absolute Gasteiger partial charge is 0.337 e. The summed E-state index contributed by atoms with van der Waals surface area (Å²) in [4.78, 5) is 17.5. The van der Waals surface area contributed by atoms with Crippen LogP contribution in [0, 0.1) is 6.92 Å².